The molecule has 24 heavy (non-hydrogen) atoms. The molecular weight excluding hydrogens is 302 g/mol. The third-order valence-corrected chi connectivity index (χ3v) is 3.37. The highest BCUT2D eigenvalue weighted by Crippen LogP contribution is 2.18. The number of benzene rings is 2. The number of amides is 1. The Morgan fingerprint density at radius 2 is 2.12 bits per heavy atom. The largest absolute Gasteiger partial charge is 0.491 e. The van der Waals surface area contributed by atoms with Crippen LogP contribution in [-0.2, 0) is 4.79 Å². The lowest BCUT2D eigenvalue weighted by Crippen LogP contribution is -2.07. The predicted molar refractivity (Wildman–Crippen MR) is 96.0 cm³/mol. The number of hydrogen-bond acceptors (Lipinski definition) is 3. The number of nitrogens with one attached hydrogen (secondary N) is 2. The first-order valence-electron chi connectivity index (χ1n) is 7.79. The number of ether oxygens (including phenoxy) is 1. The van der Waals surface area contributed by atoms with E-state index >= 15 is 0 Å². The monoisotopic (exact) mass is 321 g/mol. The number of aromatic amines is 1. The standard InChI is InChI=1S/C19H19N3O2/c1-13(2)24-17-5-3-4-14(10-17)6-9-19(23)21-16-8-7-15-12-20-22-18(15)11-16/h3-13H,1-2H3,(H,20,22)(H,21,23)/b9-6+. The third-order valence-electron chi connectivity index (χ3n) is 3.37. The summed E-state index contributed by atoms with van der Waals surface area (Å²) in [7, 11) is 0. The minimum atomic E-state index is -0.191. The summed E-state index contributed by atoms with van der Waals surface area (Å²) >= 11 is 0. The second-order valence-electron chi connectivity index (χ2n) is 5.73. The summed E-state index contributed by atoms with van der Waals surface area (Å²) in [5, 5.41) is 10.7. The molecule has 0 aliphatic rings. The van der Waals surface area contributed by atoms with Crippen molar-refractivity contribution in [2.45, 2.75) is 20.0 Å². The highest BCUT2D eigenvalue weighted by atomic mass is 16.5. The third kappa shape index (κ3) is 4.01. The van der Waals surface area contributed by atoms with Crippen molar-refractivity contribution < 1.29 is 9.53 Å². The molecule has 122 valence electrons. The van der Waals surface area contributed by atoms with Gasteiger partial charge in [-0.05, 0) is 55.8 Å². The Balaban J connectivity index is 1.66. The highest BCUT2D eigenvalue weighted by Gasteiger charge is 2.02. The van der Waals surface area contributed by atoms with Gasteiger partial charge in [-0.15, -0.1) is 0 Å². The molecule has 0 aliphatic carbocycles. The summed E-state index contributed by atoms with van der Waals surface area (Å²) in [5.41, 5.74) is 2.51. The van der Waals surface area contributed by atoms with Crippen LogP contribution in [0.1, 0.15) is 19.4 Å². The Hall–Kier alpha value is -3.08. The minimum absolute atomic E-state index is 0.116. The first-order valence-corrected chi connectivity index (χ1v) is 7.79. The average molecular weight is 321 g/mol. The Morgan fingerprint density at radius 1 is 1.25 bits per heavy atom. The van der Waals surface area contributed by atoms with Crippen molar-refractivity contribution >= 4 is 28.6 Å². The summed E-state index contributed by atoms with van der Waals surface area (Å²) in [6, 6.07) is 13.2. The highest BCUT2D eigenvalue weighted by molar-refractivity contribution is 6.02. The van der Waals surface area contributed by atoms with Crippen molar-refractivity contribution in [3.05, 3.63) is 60.3 Å². The van der Waals surface area contributed by atoms with Gasteiger partial charge >= 0.3 is 0 Å². The second kappa shape index (κ2) is 7.00. The molecule has 0 spiro atoms. The van der Waals surface area contributed by atoms with Crippen LogP contribution in [-0.4, -0.2) is 22.2 Å². The molecule has 0 unspecified atom stereocenters. The maximum atomic E-state index is 12.1. The van der Waals surface area contributed by atoms with Crippen molar-refractivity contribution in [2.75, 3.05) is 5.32 Å². The first-order chi connectivity index (χ1) is 11.6. The normalized spacial score (nSPS) is 11.3. The molecule has 1 amide bonds. The lowest BCUT2D eigenvalue weighted by atomic mass is 10.2. The number of carbonyl (C=O) groups is 1. The van der Waals surface area contributed by atoms with E-state index < -0.39 is 0 Å². The number of rotatable bonds is 5. The van der Waals surface area contributed by atoms with Gasteiger partial charge < -0.3 is 10.1 Å². The minimum Gasteiger partial charge on any atom is -0.491 e. The molecule has 3 rings (SSSR count). The van der Waals surface area contributed by atoms with Gasteiger partial charge in [0.15, 0.2) is 0 Å². The molecule has 0 aliphatic heterocycles. The lowest BCUT2D eigenvalue weighted by Gasteiger charge is -2.09. The molecule has 0 fully saturated rings. The number of fused-ring (bicyclic) bond motifs is 1. The molecule has 0 bridgehead atoms. The van der Waals surface area contributed by atoms with Crippen LogP contribution < -0.4 is 10.1 Å². The molecule has 0 atom stereocenters. The molecule has 5 heteroatoms. The van der Waals surface area contributed by atoms with E-state index in [0.717, 1.165) is 27.9 Å². The molecule has 2 aromatic carbocycles. The molecule has 0 radical (unpaired) electrons. The van der Waals surface area contributed by atoms with Crippen molar-refractivity contribution in [3.8, 4) is 5.75 Å². The van der Waals surface area contributed by atoms with E-state index in [1.54, 1.807) is 12.3 Å². The van der Waals surface area contributed by atoms with Crippen LogP contribution in [0.25, 0.3) is 17.0 Å². The van der Waals surface area contributed by atoms with E-state index in [-0.39, 0.29) is 12.0 Å². The fourth-order valence-corrected chi connectivity index (χ4v) is 2.33. The Bertz CT molecular complexity index is 881. The fourth-order valence-electron chi connectivity index (χ4n) is 2.33. The van der Waals surface area contributed by atoms with Gasteiger partial charge in [0.05, 0.1) is 17.8 Å². The molecule has 5 nitrogen and oxygen atoms in total. The molecular formula is C19H19N3O2. The van der Waals surface area contributed by atoms with Crippen molar-refractivity contribution in [2.24, 2.45) is 0 Å². The second-order valence-corrected chi connectivity index (χ2v) is 5.73. The van der Waals surface area contributed by atoms with Crippen LogP contribution in [0.5, 0.6) is 5.75 Å². The summed E-state index contributed by atoms with van der Waals surface area (Å²) in [6.07, 6.45) is 5.13. The predicted octanol–water partition coefficient (Wildman–Crippen LogP) is 4.00. The van der Waals surface area contributed by atoms with Crippen LogP contribution in [0.4, 0.5) is 5.69 Å². The zero-order chi connectivity index (χ0) is 16.9. The van der Waals surface area contributed by atoms with E-state index in [0.29, 0.717) is 0 Å². The summed E-state index contributed by atoms with van der Waals surface area (Å²) < 4.78 is 5.65. The zero-order valence-corrected chi connectivity index (χ0v) is 13.6. The molecule has 2 N–H and O–H groups in total. The SMILES string of the molecule is CC(C)Oc1cccc(/C=C/C(=O)Nc2ccc3cn[nH]c3c2)c1. The van der Waals surface area contributed by atoms with Crippen LogP contribution in [0, 0.1) is 0 Å². The zero-order valence-electron chi connectivity index (χ0n) is 13.6. The molecule has 3 aromatic rings. The number of H-pyrrole nitrogens is 1. The lowest BCUT2D eigenvalue weighted by molar-refractivity contribution is -0.111. The van der Waals surface area contributed by atoms with Gasteiger partial charge in [-0.1, -0.05) is 12.1 Å². The summed E-state index contributed by atoms with van der Waals surface area (Å²) in [4.78, 5) is 12.1. The van der Waals surface area contributed by atoms with Gasteiger partial charge in [0.1, 0.15) is 5.75 Å². The summed E-state index contributed by atoms with van der Waals surface area (Å²) in [6.45, 7) is 3.96. The van der Waals surface area contributed by atoms with Crippen molar-refractivity contribution in [1.29, 1.82) is 0 Å². The number of carbonyl (C=O) groups excluding carboxylic acids is 1. The van der Waals surface area contributed by atoms with Crippen molar-refractivity contribution in [3.63, 3.8) is 0 Å². The number of anilines is 1. The first kappa shape index (κ1) is 15.8. The van der Waals surface area contributed by atoms with E-state index in [9.17, 15) is 4.79 Å². The van der Waals surface area contributed by atoms with E-state index in [4.69, 9.17) is 4.74 Å². The number of aromatic nitrogens is 2. The number of hydrogen-bond donors (Lipinski definition) is 2. The van der Waals surface area contributed by atoms with Crippen LogP contribution in [0.15, 0.2) is 54.7 Å². The molecule has 1 heterocycles. The van der Waals surface area contributed by atoms with Crippen LogP contribution in [0.2, 0.25) is 0 Å². The van der Waals surface area contributed by atoms with Crippen LogP contribution >= 0.6 is 0 Å². The van der Waals surface area contributed by atoms with Gasteiger partial charge in [-0.2, -0.15) is 5.10 Å². The molecule has 0 saturated heterocycles. The molecule has 1 aromatic heterocycles. The van der Waals surface area contributed by atoms with Gasteiger partial charge in [0.25, 0.3) is 0 Å². The Labute approximate surface area is 140 Å². The summed E-state index contributed by atoms with van der Waals surface area (Å²) in [5.74, 6) is 0.598. The fraction of sp³-hybridized carbons (Fsp3) is 0.158. The van der Waals surface area contributed by atoms with Gasteiger partial charge in [-0.25, -0.2) is 0 Å². The number of nitrogens with zero attached hydrogens (tertiary/aromatic N) is 1. The quantitative estimate of drug-likeness (QED) is 0.698. The van der Waals surface area contributed by atoms with Gasteiger partial charge in [0.2, 0.25) is 5.91 Å². The Morgan fingerprint density at radius 3 is 2.96 bits per heavy atom. The smallest absolute Gasteiger partial charge is 0.248 e. The van der Waals surface area contributed by atoms with Gasteiger partial charge in [-0.3, -0.25) is 9.89 Å². The average Bonchev–Trinajstić information content (AvgIpc) is 3.00. The van der Waals surface area contributed by atoms with E-state index in [1.807, 2.05) is 56.3 Å². The van der Waals surface area contributed by atoms with E-state index in [2.05, 4.69) is 15.5 Å². The van der Waals surface area contributed by atoms with Crippen LogP contribution in [0.3, 0.4) is 0 Å². The van der Waals surface area contributed by atoms with Gasteiger partial charge in [0, 0.05) is 17.1 Å². The maximum Gasteiger partial charge on any atom is 0.248 e. The van der Waals surface area contributed by atoms with Crippen molar-refractivity contribution in [1.82, 2.24) is 10.2 Å². The molecule has 0 saturated carbocycles. The maximum absolute atomic E-state index is 12.1. The topological polar surface area (TPSA) is 67.0 Å². The van der Waals surface area contributed by atoms with E-state index in [1.165, 1.54) is 6.08 Å². The Kier molecular flexibility index (Phi) is 4.61.